The van der Waals surface area contributed by atoms with Crippen LogP contribution in [0, 0.1) is 0 Å². The van der Waals surface area contributed by atoms with Crippen LogP contribution in [0.15, 0.2) is 54.6 Å². The summed E-state index contributed by atoms with van der Waals surface area (Å²) in [5.41, 5.74) is 2.07. The minimum absolute atomic E-state index is 0.263. The minimum atomic E-state index is -1.09. The summed E-state index contributed by atoms with van der Waals surface area (Å²) < 4.78 is 10.8. The van der Waals surface area contributed by atoms with E-state index in [1.165, 1.54) is 7.11 Å². The topological polar surface area (TPSA) is 68.7 Å². The summed E-state index contributed by atoms with van der Waals surface area (Å²) in [6.07, 6.45) is -0.364. The number of benzene rings is 2. The fourth-order valence-corrected chi connectivity index (χ4v) is 2.85. The van der Waals surface area contributed by atoms with Gasteiger partial charge in [0.15, 0.2) is 6.10 Å². The molecule has 0 saturated heterocycles. The molecule has 0 aliphatic carbocycles. The fraction of sp³-hybridized carbons (Fsp3) is 0.238. The lowest BCUT2D eigenvalue weighted by molar-refractivity contribution is -0.151. The first-order chi connectivity index (χ1) is 12.6. The molecule has 3 aromatic rings. The summed E-state index contributed by atoms with van der Waals surface area (Å²) in [6, 6.07) is 17.7. The Balaban J connectivity index is 2.00. The molecule has 3 rings (SSSR count). The molecule has 1 heterocycles. The van der Waals surface area contributed by atoms with Crippen molar-refractivity contribution < 1.29 is 19.4 Å². The van der Waals surface area contributed by atoms with E-state index in [-0.39, 0.29) is 5.88 Å². The van der Waals surface area contributed by atoms with Crippen LogP contribution in [0.5, 0.6) is 5.88 Å². The number of ether oxygens (including phenoxy) is 2. The number of aliphatic carboxylic acids is 1. The third kappa shape index (κ3) is 3.68. The highest BCUT2D eigenvalue weighted by Gasteiger charge is 2.25. The molecule has 1 atom stereocenters. The molecule has 5 nitrogen and oxygen atoms in total. The second-order valence-electron chi connectivity index (χ2n) is 5.95. The molecule has 1 aromatic heterocycles. The number of methoxy groups -OCH3 is 1. The molecular weight excluding hydrogens is 330 g/mol. The number of hydrogen-bond acceptors (Lipinski definition) is 4. The Morgan fingerprint density at radius 1 is 1.12 bits per heavy atom. The Morgan fingerprint density at radius 2 is 1.88 bits per heavy atom. The summed E-state index contributed by atoms with van der Waals surface area (Å²) in [5, 5.41) is 11.7. The number of pyridine rings is 1. The molecule has 0 aliphatic heterocycles. The van der Waals surface area contributed by atoms with Gasteiger partial charge in [-0.25, -0.2) is 9.78 Å². The van der Waals surface area contributed by atoms with Crippen molar-refractivity contribution in [1.82, 2.24) is 4.98 Å². The van der Waals surface area contributed by atoms with E-state index in [4.69, 9.17) is 9.47 Å². The smallest absolute Gasteiger partial charge is 0.337 e. The number of carboxylic acids is 1. The lowest BCUT2D eigenvalue weighted by Crippen LogP contribution is -2.17. The molecule has 0 amide bonds. The van der Waals surface area contributed by atoms with E-state index in [1.54, 1.807) is 12.1 Å². The Labute approximate surface area is 152 Å². The van der Waals surface area contributed by atoms with Crippen LogP contribution < -0.4 is 4.74 Å². The van der Waals surface area contributed by atoms with Gasteiger partial charge in [0.25, 0.3) is 0 Å². The van der Waals surface area contributed by atoms with E-state index in [2.05, 4.69) is 17.1 Å². The predicted octanol–water partition coefficient (Wildman–Crippen LogP) is 4.46. The van der Waals surface area contributed by atoms with Crippen LogP contribution in [0.4, 0.5) is 0 Å². The molecular formula is C21H21NO4. The van der Waals surface area contributed by atoms with Gasteiger partial charge in [0.1, 0.15) is 0 Å². The Kier molecular flexibility index (Phi) is 5.49. The van der Waals surface area contributed by atoms with Gasteiger partial charge in [-0.2, -0.15) is 0 Å². The van der Waals surface area contributed by atoms with Gasteiger partial charge in [-0.05, 0) is 35.4 Å². The van der Waals surface area contributed by atoms with Crippen LogP contribution in [0.1, 0.15) is 25.0 Å². The quantitative estimate of drug-likeness (QED) is 0.680. The van der Waals surface area contributed by atoms with Crippen molar-refractivity contribution in [3.05, 3.63) is 60.2 Å². The van der Waals surface area contributed by atoms with Crippen molar-refractivity contribution in [3.8, 4) is 17.1 Å². The van der Waals surface area contributed by atoms with Gasteiger partial charge in [-0.1, -0.05) is 43.3 Å². The van der Waals surface area contributed by atoms with Crippen LogP contribution in [-0.2, 0) is 9.53 Å². The molecule has 2 aromatic carbocycles. The molecule has 134 valence electrons. The third-order valence-electron chi connectivity index (χ3n) is 4.12. The number of aromatic nitrogens is 1. The van der Waals surface area contributed by atoms with Crippen LogP contribution >= 0.6 is 0 Å². The van der Waals surface area contributed by atoms with Gasteiger partial charge in [0.2, 0.25) is 5.88 Å². The van der Waals surface area contributed by atoms with Gasteiger partial charge < -0.3 is 14.6 Å². The molecule has 5 heteroatoms. The summed E-state index contributed by atoms with van der Waals surface area (Å²) in [4.78, 5) is 16.1. The van der Waals surface area contributed by atoms with E-state index in [1.807, 2.05) is 37.3 Å². The normalized spacial score (nSPS) is 12.1. The molecule has 0 bridgehead atoms. The number of rotatable bonds is 7. The number of carboxylic acid groups (broad SMARTS) is 1. The van der Waals surface area contributed by atoms with Crippen LogP contribution in [0.2, 0.25) is 0 Å². The second-order valence-corrected chi connectivity index (χ2v) is 5.95. The number of hydrogen-bond donors (Lipinski definition) is 1. The Hall–Kier alpha value is -2.92. The molecule has 26 heavy (non-hydrogen) atoms. The van der Waals surface area contributed by atoms with Crippen LogP contribution in [-0.4, -0.2) is 29.8 Å². The highest BCUT2D eigenvalue weighted by atomic mass is 16.5. The fourth-order valence-electron chi connectivity index (χ4n) is 2.85. The average Bonchev–Trinajstić information content (AvgIpc) is 2.67. The van der Waals surface area contributed by atoms with E-state index in [0.29, 0.717) is 12.2 Å². The first-order valence-corrected chi connectivity index (χ1v) is 8.52. The van der Waals surface area contributed by atoms with Crippen molar-refractivity contribution in [2.45, 2.75) is 19.4 Å². The van der Waals surface area contributed by atoms with Crippen molar-refractivity contribution >= 4 is 16.7 Å². The summed E-state index contributed by atoms with van der Waals surface area (Å²) >= 11 is 0. The first kappa shape index (κ1) is 17.9. The van der Waals surface area contributed by atoms with Gasteiger partial charge in [0, 0.05) is 12.2 Å². The van der Waals surface area contributed by atoms with Gasteiger partial charge >= 0.3 is 5.97 Å². The van der Waals surface area contributed by atoms with Crippen LogP contribution in [0.25, 0.3) is 22.0 Å². The largest absolute Gasteiger partial charge is 0.481 e. The van der Waals surface area contributed by atoms with Gasteiger partial charge in [-0.3, -0.25) is 0 Å². The molecule has 0 saturated carbocycles. The van der Waals surface area contributed by atoms with Crippen molar-refractivity contribution in [2.24, 2.45) is 0 Å². The standard InChI is InChI=1S/C21H21NO4/c1-3-12-26-19(21(23)24)17-10-11-18(22-20(17)25-2)16-9-8-14-6-4-5-7-15(14)13-16/h4-11,13,19H,3,12H2,1-2H3,(H,23,24). The molecule has 1 N–H and O–H groups in total. The molecule has 0 fully saturated rings. The predicted molar refractivity (Wildman–Crippen MR) is 100 cm³/mol. The maximum absolute atomic E-state index is 11.6. The SMILES string of the molecule is CCCOC(C(=O)O)c1ccc(-c2ccc3ccccc3c2)nc1OC. The minimum Gasteiger partial charge on any atom is -0.481 e. The summed E-state index contributed by atoms with van der Waals surface area (Å²) in [5.74, 6) is -0.795. The highest BCUT2D eigenvalue weighted by Crippen LogP contribution is 2.31. The zero-order valence-corrected chi connectivity index (χ0v) is 14.8. The molecule has 1 unspecified atom stereocenters. The van der Waals surface area contributed by atoms with E-state index < -0.39 is 12.1 Å². The lowest BCUT2D eigenvalue weighted by atomic mass is 10.0. The lowest BCUT2D eigenvalue weighted by Gasteiger charge is -2.16. The number of carbonyl (C=O) groups is 1. The zero-order valence-electron chi connectivity index (χ0n) is 14.8. The second kappa shape index (κ2) is 7.97. The average molecular weight is 351 g/mol. The number of nitrogens with zero attached hydrogens (tertiary/aromatic N) is 1. The third-order valence-corrected chi connectivity index (χ3v) is 4.12. The Morgan fingerprint density at radius 3 is 2.58 bits per heavy atom. The van der Waals surface area contributed by atoms with E-state index in [0.717, 1.165) is 28.5 Å². The summed E-state index contributed by atoms with van der Waals surface area (Å²) in [6.45, 7) is 2.28. The molecule has 0 spiro atoms. The van der Waals surface area contributed by atoms with Crippen LogP contribution in [0.3, 0.4) is 0 Å². The highest BCUT2D eigenvalue weighted by molar-refractivity contribution is 5.87. The molecule has 0 radical (unpaired) electrons. The Bertz CT molecular complexity index is 923. The van der Waals surface area contributed by atoms with Crippen molar-refractivity contribution in [2.75, 3.05) is 13.7 Å². The molecule has 0 aliphatic rings. The van der Waals surface area contributed by atoms with Crippen molar-refractivity contribution in [3.63, 3.8) is 0 Å². The summed E-state index contributed by atoms with van der Waals surface area (Å²) in [7, 11) is 1.48. The zero-order chi connectivity index (χ0) is 18.5. The van der Waals surface area contributed by atoms with E-state index >= 15 is 0 Å². The first-order valence-electron chi connectivity index (χ1n) is 8.52. The van der Waals surface area contributed by atoms with Gasteiger partial charge in [-0.15, -0.1) is 0 Å². The monoisotopic (exact) mass is 351 g/mol. The number of fused-ring (bicyclic) bond motifs is 1. The maximum Gasteiger partial charge on any atom is 0.337 e. The maximum atomic E-state index is 11.6. The van der Waals surface area contributed by atoms with E-state index in [9.17, 15) is 9.90 Å². The van der Waals surface area contributed by atoms with Crippen molar-refractivity contribution in [1.29, 1.82) is 0 Å². The van der Waals surface area contributed by atoms with Gasteiger partial charge in [0.05, 0.1) is 18.4 Å².